The van der Waals surface area contributed by atoms with Crippen LogP contribution in [0.4, 0.5) is 0 Å². The zero-order valence-corrected chi connectivity index (χ0v) is 13.2. The fraction of sp³-hybridized carbons (Fsp3) is 0.222. The Morgan fingerprint density at radius 3 is 2.70 bits per heavy atom. The Labute approximate surface area is 137 Å². The topological polar surface area (TPSA) is 63.6 Å². The van der Waals surface area contributed by atoms with Gasteiger partial charge in [0.15, 0.2) is 5.41 Å². The van der Waals surface area contributed by atoms with Crippen LogP contribution in [-0.2, 0) is 14.3 Å². The lowest BCUT2D eigenvalue weighted by Gasteiger charge is -2.11. The summed E-state index contributed by atoms with van der Waals surface area (Å²) in [6.45, 7) is 0. The van der Waals surface area contributed by atoms with Crippen LogP contribution in [0, 0.1) is 17.3 Å². The van der Waals surface area contributed by atoms with E-state index in [4.69, 9.17) is 4.74 Å². The third-order valence-corrected chi connectivity index (χ3v) is 4.86. The van der Waals surface area contributed by atoms with Crippen molar-refractivity contribution < 1.29 is 19.4 Å². The van der Waals surface area contributed by atoms with Gasteiger partial charge in [0.25, 0.3) is 0 Å². The highest BCUT2D eigenvalue weighted by atomic mass is 32.1. The Bertz CT molecular complexity index is 813. The Balaban J connectivity index is 1.96. The van der Waals surface area contributed by atoms with Gasteiger partial charge in [0.1, 0.15) is 0 Å². The second-order valence-electron chi connectivity index (χ2n) is 5.34. The van der Waals surface area contributed by atoms with Crippen molar-refractivity contribution in [2.75, 3.05) is 7.11 Å². The molecule has 0 aliphatic heterocycles. The van der Waals surface area contributed by atoms with Gasteiger partial charge in [0.2, 0.25) is 0 Å². The predicted molar refractivity (Wildman–Crippen MR) is 86.2 cm³/mol. The molecule has 0 spiro atoms. The van der Waals surface area contributed by atoms with Gasteiger partial charge < -0.3 is 9.84 Å². The number of esters is 1. The van der Waals surface area contributed by atoms with E-state index in [0.717, 1.165) is 16.0 Å². The van der Waals surface area contributed by atoms with Gasteiger partial charge in [0.05, 0.1) is 12.0 Å². The lowest BCUT2D eigenvalue weighted by atomic mass is 9.95. The van der Waals surface area contributed by atoms with Crippen LogP contribution in [-0.4, -0.2) is 24.2 Å². The molecule has 1 fully saturated rings. The van der Waals surface area contributed by atoms with Crippen molar-refractivity contribution in [2.45, 2.75) is 12.3 Å². The molecular weight excluding hydrogens is 312 g/mol. The van der Waals surface area contributed by atoms with Crippen LogP contribution in [0.2, 0.25) is 0 Å². The van der Waals surface area contributed by atoms with Crippen molar-refractivity contribution in [1.29, 1.82) is 0 Å². The second kappa shape index (κ2) is 5.90. The van der Waals surface area contributed by atoms with Crippen LogP contribution in [0.25, 0.3) is 0 Å². The molecule has 116 valence electrons. The van der Waals surface area contributed by atoms with Crippen molar-refractivity contribution in [1.82, 2.24) is 0 Å². The van der Waals surface area contributed by atoms with E-state index in [-0.39, 0.29) is 6.42 Å². The fourth-order valence-corrected chi connectivity index (χ4v) is 3.33. The van der Waals surface area contributed by atoms with Gasteiger partial charge in [-0.1, -0.05) is 36.1 Å². The lowest BCUT2D eigenvalue weighted by molar-refractivity contribution is -0.159. The minimum Gasteiger partial charge on any atom is -0.480 e. The number of thiophene rings is 1. The Hall–Kier alpha value is -2.58. The quantitative estimate of drug-likeness (QED) is 0.535. The van der Waals surface area contributed by atoms with Crippen LogP contribution in [0.1, 0.15) is 28.3 Å². The molecule has 2 aromatic rings. The number of carboxylic acids is 1. The number of rotatable bonds is 3. The minimum absolute atomic E-state index is 0.243. The molecule has 1 aliphatic rings. The lowest BCUT2D eigenvalue weighted by Crippen LogP contribution is -2.28. The molecular formula is C18H14O4S. The number of carbonyl (C=O) groups excluding carboxylic acids is 1. The summed E-state index contributed by atoms with van der Waals surface area (Å²) in [6.07, 6.45) is 0.243. The highest BCUT2D eigenvalue weighted by Crippen LogP contribution is 2.60. The van der Waals surface area contributed by atoms with Crippen molar-refractivity contribution in [3.05, 3.63) is 57.8 Å². The first-order valence-corrected chi connectivity index (χ1v) is 7.94. The van der Waals surface area contributed by atoms with E-state index < -0.39 is 23.3 Å². The molecule has 1 saturated carbocycles. The van der Waals surface area contributed by atoms with Crippen LogP contribution in [0.5, 0.6) is 0 Å². The number of methoxy groups -OCH3 is 1. The molecule has 0 bridgehead atoms. The van der Waals surface area contributed by atoms with Gasteiger partial charge in [0, 0.05) is 11.5 Å². The van der Waals surface area contributed by atoms with Crippen molar-refractivity contribution in [2.24, 2.45) is 5.41 Å². The molecule has 5 heteroatoms. The van der Waals surface area contributed by atoms with E-state index in [1.165, 1.54) is 7.11 Å². The molecule has 1 aliphatic carbocycles. The molecule has 23 heavy (non-hydrogen) atoms. The van der Waals surface area contributed by atoms with Crippen LogP contribution in [0.15, 0.2) is 41.8 Å². The van der Waals surface area contributed by atoms with Crippen LogP contribution < -0.4 is 0 Å². The smallest absolute Gasteiger partial charge is 0.323 e. The number of ether oxygens (including phenoxy) is 1. The SMILES string of the molecule is COC(=O)[C@@]1(C(=O)O)C[C@H]1c1ccccc1C#Cc1cccs1. The fourth-order valence-electron chi connectivity index (χ4n) is 2.76. The van der Waals surface area contributed by atoms with E-state index in [2.05, 4.69) is 11.8 Å². The molecule has 0 radical (unpaired) electrons. The number of carboxylic acid groups (broad SMARTS) is 1. The molecule has 0 unspecified atom stereocenters. The summed E-state index contributed by atoms with van der Waals surface area (Å²) < 4.78 is 4.70. The maximum atomic E-state index is 11.9. The highest BCUT2D eigenvalue weighted by Gasteiger charge is 2.68. The first-order valence-electron chi connectivity index (χ1n) is 7.06. The molecule has 1 aromatic heterocycles. The molecule has 1 aromatic carbocycles. The largest absolute Gasteiger partial charge is 0.480 e. The van der Waals surface area contributed by atoms with Gasteiger partial charge in [-0.25, -0.2) is 0 Å². The third kappa shape index (κ3) is 2.62. The highest BCUT2D eigenvalue weighted by molar-refractivity contribution is 7.10. The summed E-state index contributed by atoms with van der Waals surface area (Å²) in [5.74, 6) is 3.91. The summed E-state index contributed by atoms with van der Waals surface area (Å²) in [5, 5.41) is 11.4. The summed E-state index contributed by atoms with van der Waals surface area (Å²) in [7, 11) is 1.21. The average molecular weight is 326 g/mol. The maximum absolute atomic E-state index is 11.9. The molecule has 0 amide bonds. The standard InChI is InChI=1S/C18H14O4S/c1-22-17(21)18(16(19)20)11-15(18)14-7-3-2-5-12(14)8-9-13-6-4-10-23-13/h2-7,10,15H,11H2,1H3,(H,19,20)/t15-,18-/m0/s1. The van der Waals surface area contributed by atoms with Gasteiger partial charge in [-0.15, -0.1) is 11.3 Å². The normalized spacial score (nSPS) is 21.9. The first kappa shape index (κ1) is 15.3. The van der Waals surface area contributed by atoms with Crippen LogP contribution in [0.3, 0.4) is 0 Å². The maximum Gasteiger partial charge on any atom is 0.323 e. The van der Waals surface area contributed by atoms with E-state index in [9.17, 15) is 14.7 Å². The van der Waals surface area contributed by atoms with Crippen molar-refractivity contribution >= 4 is 23.3 Å². The van der Waals surface area contributed by atoms with E-state index >= 15 is 0 Å². The number of aliphatic carboxylic acids is 1. The first-order chi connectivity index (χ1) is 11.1. The number of hydrogen-bond acceptors (Lipinski definition) is 4. The van der Waals surface area contributed by atoms with E-state index in [1.807, 2.05) is 41.8 Å². The van der Waals surface area contributed by atoms with E-state index in [1.54, 1.807) is 11.3 Å². The zero-order valence-electron chi connectivity index (χ0n) is 12.4. The predicted octanol–water partition coefficient (Wildman–Crippen LogP) is 2.88. The molecule has 1 N–H and O–H groups in total. The van der Waals surface area contributed by atoms with Crippen molar-refractivity contribution in [3.8, 4) is 11.8 Å². The Morgan fingerprint density at radius 1 is 1.26 bits per heavy atom. The Kier molecular flexibility index (Phi) is 3.93. The summed E-state index contributed by atoms with van der Waals surface area (Å²) in [4.78, 5) is 24.5. The molecule has 1 heterocycles. The van der Waals surface area contributed by atoms with Crippen molar-refractivity contribution in [3.63, 3.8) is 0 Å². The number of benzene rings is 1. The van der Waals surface area contributed by atoms with Gasteiger partial charge >= 0.3 is 11.9 Å². The average Bonchev–Trinajstić information content (AvgIpc) is 3.11. The zero-order chi connectivity index (χ0) is 16.4. The van der Waals surface area contributed by atoms with Gasteiger partial charge in [-0.2, -0.15) is 0 Å². The second-order valence-corrected chi connectivity index (χ2v) is 6.29. The molecule has 0 saturated heterocycles. The van der Waals surface area contributed by atoms with E-state index in [0.29, 0.717) is 0 Å². The Morgan fingerprint density at radius 2 is 2.04 bits per heavy atom. The molecule has 2 atom stereocenters. The van der Waals surface area contributed by atoms with Crippen LogP contribution >= 0.6 is 11.3 Å². The monoisotopic (exact) mass is 326 g/mol. The summed E-state index contributed by atoms with van der Waals surface area (Å²) >= 11 is 1.54. The minimum atomic E-state index is -1.48. The molecule has 4 nitrogen and oxygen atoms in total. The molecule has 3 rings (SSSR count). The van der Waals surface area contributed by atoms with Gasteiger partial charge in [-0.05, 0) is 29.5 Å². The summed E-state index contributed by atoms with van der Waals surface area (Å²) in [6, 6.07) is 11.2. The number of hydrogen-bond donors (Lipinski definition) is 1. The third-order valence-electron chi connectivity index (χ3n) is 4.07. The number of carbonyl (C=O) groups is 2. The summed E-state index contributed by atoms with van der Waals surface area (Å²) in [5.41, 5.74) is 0.0532. The van der Waals surface area contributed by atoms with Gasteiger partial charge in [-0.3, -0.25) is 9.59 Å².